The summed E-state index contributed by atoms with van der Waals surface area (Å²) in [5.41, 5.74) is 3.52. The first-order chi connectivity index (χ1) is 16.5. The van der Waals surface area contributed by atoms with Crippen LogP contribution in [0.25, 0.3) is 0 Å². The number of amides is 1. The van der Waals surface area contributed by atoms with Crippen LogP contribution in [-0.4, -0.2) is 35.4 Å². The zero-order valence-electron chi connectivity index (χ0n) is 20.5. The zero-order chi connectivity index (χ0) is 25.5. The van der Waals surface area contributed by atoms with Gasteiger partial charge in [-0.3, -0.25) is 0 Å². The number of likely N-dealkylation sites (tertiary alicyclic amines) is 1. The van der Waals surface area contributed by atoms with Gasteiger partial charge in [0, 0.05) is 6.42 Å². The summed E-state index contributed by atoms with van der Waals surface area (Å²) >= 11 is 11.8. The highest BCUT2D eigenvalue weighted by Crippen LogP contribution is 2.44. The smallest absolute Gasteiger partial charge is 0.410 e. The Labute approximate surface area is 214 Å². The van der Waals surface area contributed by atoms with Crippen LogP contribution >= 0.6 is 23.2 Å². The molecule has 35 heavy (non-hydrogen) atoms. The van der Waals surface area contributed by atoms with Crippen molar-refractivity contribution in [1.82, 2.24) is 4.90 Å². The fourth-order valence-electron chi connectivity index (χ4n) is 4.41. The van der Waals surface area contributed by atoms with Crippen LogP contribution in [0.15, 0.2) is 35.5 Å². The molecule has 3 heterocycles. The summed E-state index contributed by atoms with van der Waals surface area (Å²) in [5, 5.41) is 4.15. The predicted molar refractivity (Wildman–Crippen MR) is 133 cm³/mol. The maximum Gasteiger partial charge on any atom is 0.410 e. The molecule has 3 aliphatic heterocycles. The molecule has 1 atom stereocenters. The summed E-state index contributed by atoms with van der Waals surface area (Å²) in [6.45, 7) is 10.9. The zero-order valence-corrected chi connectivity index (χ0v) is 22.0. The van der Waals surface area contributed by atoms with Gasteiger partial charge < -0.3 is 19.2 Å². The third kappa shape index (κ3) is 4.99. The van der Waals surface area contributed by atoms with Crippen molar-refractivity contribution in [2.24, 2.45) is 5.16 Å². The first-order valence-electron chi connectivity index (χ1n) is 11.7. The van der Waals surface area contributed by atoms with Crippen LogP contribution in [0.4, 0.5) is 9.18 Å². The third-order valence-electron chi connectivity index (χ3n) is 6.02. The van der Waals surface area contributed by atoms with Gasteiger partial charge in [0.25, 0.3) is 0 Å². The molecule has 1 amide bonds. The van der Waals surface area contributed by atoms with E-state index < -0.39 is 17.0 Å². The average Bonchev–Trinajstić information content (AvgIpc) is 3.41. The predicted octanol–water partition coefficient (Wildman–Crippen LogP) is 7.00. The van der Waals surface area contributed by atoms with Gasteiger partial charge in [0.1, 0.15) is 11.2 Å². The van der Waals surface area contributed by atoms with Crippen LogP contribution in [0.3, 0.4) is 0 Å². The second-order valence-electron chi connectivity index (χ2n) is 9.63. The SMILES string of the molecule is CC.CC(C)(C)OC(=O)N1CC2(C1)OCc1cc(C3=NOC(c4cc(Cl)c(F)c(Cl)c4)C3)ccc12. The number of fused-ring (bicyclic) bond motifs is 2. The number of benzene rings is 2. The molecule has 9 heteroatoms. The van der Waals surface area contributed by atoms with Gasteiger partial charge in [-0.1, -0.05) is 54.3 Å². The molecule has 188 valence electrons. The highest BCUT2D eigenvalue weighted by atomic mass is 35.5. The molecule has 2 aromatic rings. The Morgan fingerprint density at radius 2 is 1.83 bits per heavy atom. The molecule has 1 fully saturated rings. The minimum Gasteiger partial charge on any atom is -0.444 e. The molecule has 1 unspecified atom stereocenters. The molecule has 0 radical (unpaired) electrons. The summed E-state index contributed by atoms with van der Waals surface area (Å²) in [7, 11) is 0. The van der Waals surface area contributed by atoms with Gasteiger partial charge in [-0.2, -0.15) is 0 Å². The fraction of sp³-hybridized carbons (Fsp3) is 0.462. The molecular formula is C26H29Cl2FN2O4. The van der Waals surface area contributed by atoms with Gasteiger partial charge in [0.15, 0.2) is 11.9 Å². The first-order valence-corrected chi connectivity index (χ1v) is 12.4. The number of nitrogens with zero attached hydrogens (tertiary/aromatic N) is 2. The quantitative estimate of drug-likeness (QED) is 0.398. The van der Waals surface area contributed by atoms with Crippen molar-refractivity contribution in [2.75, 3.05) is 13.1 Å². The minimum absolute atomic E-state index is 0.0459. The van der Waals surface area contributed by atoms with E-state index in [-0.39, 0.29) is 22.2 Å². The van der Waals surface area contributed by atoms with E-state index in [1.54, 1.807) is 4.90 Å². The molecule has 1 spiro atoms. The summed E-state index contributed by atoms with van der Waals surface area (Å²) < 4.78 is 25.3. The van der Waals surface area contributed by atoms with E-state index in [0.29, 0.717) is 31.7 Å². The van der Waals surface area contributed by atoms with E-state index in [0.717, 1.165) is 22.4 Å². The lowest BCUT2D eigenvalue weighted by molar-refractivity contribution is -0.137. The second kappa shape index (κ2) is 9.60. The van der Waals surface area contributed by atoms with Crippen molar-refractivity contribution in [2.45, 2.75) is 65.0 Å². The van der Waals surface area contributed by atoms with Crippen molar-refractivity contribution >= 4 is 35.0 Å². The monoisotopic (exact) mass is 522 g/mol. The molecule has 5 rings (SSSR count). The van der Waals surface area contributed by atoms with Gasteiger partial charge >= 0.3 is 6.09 Å². The molecule has 6 nitrogen and oxygen atoms in total. The van der Waals surface area contributed by atoms with Gasteiger partial charge in [0.05, 0.1) is 35.5 Å². The van der Waals surface area contributed by atoms with E-state index in [1.807, 2.05) is 46.8 Å². The van der Waals surface area contributed by atoms with Crippen molar-refractivity contribution in [3.63, 3.8) is 0 Å². The molecule has 0 saturated carbocycles. The number of oxime groups is 1. The highest BCUT2D eigenvalue weighted by Gasteiger charge is 2.52. The van der Waals surface area contributed by atoms with Crippen LogP contribution in [0.1, 0.15) is 69.4 Å². The van der Waals surface area contributed by atoms with Crippen LogP contribution in [0, 0.1) is 5.82 Å². The molecule has 0 aliphatic carbocycles. The molecule has 0 aromatic heterocycles. The van der Waals surface area contributed by atoms with E-state index in [1.165, 1.54) is 12.1 Å². The fourth-order valence-corrected chi connectivity index (χ4v) is 4.91. The first kappa shape index (κ1) is 25.7. The number of hydrogen-bond donors (Lipinski definition) is 0. The Morgan fingerprint density at radius 1 is 1.17 bits per heavy atom. The van der Waals surface area contributed by atoms with Gasteiger partial charge in [-0.15, -0.1) is 0 Å². The minimum atomic E-state index is -0.644. The number of hydrogen-bond acceptors (Lipinski definition) is 5. The highest BCUT2D eigenvalue weighted by molar-refractivity contribution is 6.35. The van der Waals surface area contributed by atoms with Crippen LogP contribution in [-0.2, 0) is 26.5 Å². The Bertz CT molecular complexity index is 1150. The van der Waals surface area contributed by atoms with Crippen LogP contribution in [0.2, 0.25) is 10.0 Å². The molecule has 0 bridgehead atoms. The molecule has 1 saturated heterocycles. The Morgan fingerprint density at radius 3 is 2.46 bits per heavy atom. The lowest BCUT2D eigenvalue weighted by Gasteiger charge is -2.47. The van der Waals surface area contributed by atoms with E-state index in [2.05, 4.69) is 11.2 Å². The summed E-state index contributed by atoms with van der Waals surface area (Å²) in [4.78, 5) is 19.6. The maximum atomic E-state index is 13.7. The number of carbonyl (C=O) groups excluding carboxylic acids is 1. The molecular weight excluding hydrogens is 494 g/mol. The standard InChI is InChI=1S/C24H23Cl2FN2O4.C2H6/c1-23(2,3)32-22(30)29-11-24(12-29)16-5-4-13(6-15(16)10-31-24)19-9-20(33-28-19)14-7-17(25)21(27)18(26)8-14;1-2/h4-8,20H,9-12H2,1-3H3;1-2H3. The van der Waals surface area contributed by atoms with Crippen molar-refractivity contribution in [3.05, 3.63) is 68.4 Å². The van der Waals surface area contributed by atoms with Crippen molar-refractivity contribution in [3.8, 4) is 0 Å². The van der Waals surface area contributed by atoms with Gasteiger partial charge in [0.2, 0.25) is 0 Å². The lowest BCUT2D eigenvalue weighted by Crippen LogP contribution is -2.61. The number of rotatable bonds is 2. The van der Waals surface area contributed by atoms with Gasteiger partial charge in [-0.25, -0.2) is 9.18 Å². The maximum absolute atomic E-state index is 13.7. The van der Waals surface area contributed by atoms with Gasteiger partial charge in [-0.05, 0) is 61.2 Å². The normalized spacial score (nSPS) is 19.8. The summed E-state index contributed by atoms with van der Waals surface area (Å²) in [5.74, 6) is -0.644. The number of ether oxygens (including phenoxy) is 2. The third-order valence-corrected chi connectivity index (χ3v) is 6.57. The summed E-state index contributed by atoms with van der Waals surface area (Å²) in [6, 6.07) is 9.10. The average molecular weight is 523 g/mol. The van der Waals surface area contributed by atoms with Crippen LogP contribution < -0.4 is 0 Å². The molecule has 0 N–H and O–H groups in total. The van der Waals surface area contributed by atoms with Crippen molar-refractivity contribution in [1.29, 1.82) is 0 Å². The molecule has 2 aromatic carbocycles. The van der Waals surface area contributed by atoms with E-state index in [4.69, 9.17) is 37.5 Å². The summed E-state index contributed by atoms with van der Waals surface area (Å²) in [6.07, 6.45) is -0.207. The Balaban J connectivity index is 0.00000141. The van der Waals surface area contributed by atoms with Crippen LogP contribution in [0.5, 0.6) is 0 Å². The second-order valence-corrected chi connectivity index (χ2v) is 10.4. The van der Waals surface area contributed by atoms with E-state index >= 15 is 0 Å². The number of carbonyl (C=O) groups is 1. The Hall–Kier alpha value is -2.35. The number of halogens is 3. The molecule has 3 aliphatic rings. The van der Waals surface area contributed by atoms with E-state index in [9.17, 15) is 9.18 Å². The topological polar surface area (TPSA) is 60.4 Å². The lowest BCUT2D eigenvalue weighted by atomic mass is 9.84. The largest absolute Gasteiger partial charge is 0.444 e. The Kier molecular flexibility index (Phi) is 7.06. The van der Waals surface area contributed by atoms with Crippen molar-refractivity contribution < 1.29 is 23.5 Å².